The van der Waals surface area contributed by atoms with E-state index >= 15 is 0 Å². The third-order valence-corrected chi connectivity index (χ3v) is 3.32. The highest BCUT2D eigenvalue weighted by Gasteiger charge is 2.02. The Kier molecular flexibility index (Phi) is 19.5. The van der Waals surface area contributed by atoms with Crippen LogP contribution in [0.1, 0.15) is 54.4 Å². The van der Waals surface area contributed by atoms with Crippen LogP contribution in [0.3, 0.4) is 0 Å². The molecule has 0 bridgehead atoms. The maximum Gasteiger partial charge on any atom is 0.0699 e. The molecule has 0 heterocycles. The summed E-state index contributed by atoms with van der Waals surface area (Å²) in [6.45, 7) is 17.1. The predicted octanol–water partition coefficient (Wildman–Crippen LogP) is 3.35. The summed E-state index contributed by atoms with van der Waals surface area (Å²) in [7, 11) is 0. The van der Waals surface area contributed by atoms with Gasteiger partial charge in [0.1, 0.15) is 0 Å². The molecule has 0 fully saturated rings. The molecule has 144 valence electrons. The molecule has 0 aliphatic heterocycles. The summed E-state index contributed by atoms with van der Waals surface area (Å²) in [4.78, 5) is 13.5. The van der Waals surface area contributed by atoms with Gasteiger partial charge >= 0.3 is 0 Å². The highest BCUT2D eigenvalue weighted by atomic mass is 16.7. The number of hydrogen-bond donors (Lipinski definition) is 1. The minimum Gasteiger partial charge on any atom is -0.328 e. The van der Waals surface area contributed by atoms with Crippen LogP contribution < -0.4 is 5.73 Å². The number of rotatable bonds is 13. The predicted molar refractivity (Wildman–Crippen MR) is 99.2 cm³/mol. The Labute approximate surface area is 147 Å². The van der Waals surface area contributed by atoms with Crippen molar-refractivity contribution in [1.29, 1.82) is 0 Å². The lowest BCUT2D eigenvalue weighted by Gasteiger charge is -2.18. The van der Waals surface area contributed by atoms with Crippen LogP contribution in [0, 0.1) is 0 Å². The molecule has 0 aliphatic carbocycles. The highest BCUT2D eigenvalue weighted by Crippen LogP contribution is 1.99. The van der Waals surface area contributed by atoms with Gasteiger partial charge in [0.15, 0.2) is 0 Å². The van der Waals surface area contributed by atoms with Crippen molar-refractivity contribution in [2.75, 3.05) is 39.4 Å². The molecule has 0 aromatic rings. The minimum absolute atomic E-state index is 0.0144. The second-order valence-electron chi connectivity index (χ2n) is 5.50. The maximum atomic E-state index is 8.14. The largest absolute Gasteiger partial charge is 0.328 e. The first kappa shape index (κ1) is 25.4. The van der Waals surface area contributed by atoms with E-state index in [0.29, 0.717) is 6.61 Å². The number of hydrogen-bond acceptors (Lipinski definition) is 6. The lowest BCUT2D eigenvalue weighted by atomic mass is 10.3. The van der Waals surface area contributed by atoms with Gasteiger partial charge in [-0.1, -0.05) is 39.7 Å². The van der Waals surface area contributed by atoms with Crippen LogP contribution in [-0.2, 0) is 9.68 Å². The molecule has 0 saturated carbocycles. The molecule has 0 spiro atoms. The molecule has 0 rings (SSSR count). The quantitative estimate of drug-likeness (QED) is 0.238. The summed E-state index contributed by atoms with van der Waals surface area (Å²) in [5.74, 6) is 0. The van der Waals surface area contributed by atoms with Crippen molar-refractivity contribution in [3.8, 4) is 0 Å². The van der Waals surface area contributed by atoms with Crippen molar-refractivity contribution < 1.29 is 9.68 Å². The second kappa shape index (κ2) is 18.4. The van der Waals surface area contributed by atoms with E-state index in [2.05, 4.69) is 23.9 Å². The van der Waals surface area contributed by atoms with Gasteiger partial charge in [0.05, 0.1) is 13.2 Å². The number of hydroxylamine groups is 4. The highest BCUT2D eigenvalue weighted by molar-refractivity contribution is 4.59. The Morgan fingerprint density at radius 2 is 1.33 bits per heavy atom. The van der Waals surface area contributed by atoms with Gasteiger partial charge in [0.25, 0.3) is 0 Å². The third-order valence-electron chi connectivity index (χ3n) is 3.32. The Bertz CT molecular complexity index is 303. The molecule has 8 nitrogen and oxygen atoms in total. The molecule has 2 atom stereocenters. The summed E-state index contributed by atoms with van der Waals surface area (Å²) in [5, 5.41) is 7.37. The van der Waals surface area contributed by atoms with E-state index in [1.165, 1.54) is 0 Å². The fourth-order valence-corrected chi connectivity index (χ4v) is 1.68. The van der Waals surface area contributed by atoms with E-state index < -0.39 is 0 Å². The number of nitrogens with zero attached hydrogens (tertiary/aromatic N) is 5. The fraction of sp³-hybridized carbons (Fsp3) is 1.00. The lowest BCUT2D eigenvalue weighted by Crippen LogP contribution is -2.26. The number of nitrogens with two attached hydrogens (primary N) is 1. The fourth-order valence-electron chi connectivity index (χ4n) is 1.68. The van der Waals surface area contributed by atoms with Crippen molar-refractivity contribution in [3.05, 3.63) is 10.4 Å². The van der Waals surface area contributed by atoms with Gasteiger partial charge in [-0.2, -0.15) is 10.1 Å². The summed E-state index contributed by atoms with van der Waals surface area (Å²) in [6.07, 6.45) is 1.69. The molecular formula is C16H38N6O2. The van der Waals surface area contributed by atoms with Gasteiger partial charge < -0.3 is 5.73 Å². The summed E-state index contributed by atoms with van der Waals surface area (Å²) < 4.78 is 0. The SMILES string of the molecule is CCN(CC)OCC[C@@H](C)N.CCN(CC)OCC[C@@H](C)N=[N+]=[N-]. The summed E-state index contributed by atoms with van der Waals surface area (Å²) in [5.41, 5.74) is 13.7. The van der Waals surface area contributed by atoms with Crippen LogP contribution in [0.15, 0.2) is 5.11 Å². The maximum absolute atomic E-state index is 8.14. The van der Waals surface area contributed by atoms with Crippen molar-refractivity contribution in [1.82, 2.24) is 10.1 Å². The molecular weight excluding hydrogens is 308 g/mol. The third kappa shape index (κ3) is 17.5. The van der Waals surface area contributed by atoms with E-state index in [-0.39, 0.29) is 12.1 Å². The van der Waals surface area contributed by atoms with Gasteiger partial charge in [0, 0.05) is 43.2 Å². The van der Waals surface area contributed by atoms with E-state index in [1.54, 1.807) is 0 Å². The Balaban J connectivity index is 0. The van der Waals surface area contributed by atoms with E-state index in [0.717, 1.165) is 45.6 Å². The molecule has 0 amide bonds. The summed E-state index contributed by atoms with van der Waals surface area (Å²) in [6, 6.07) is 0.256. The smallest absolute Gasteiger partial charge is 0.0699 e. The zero-order valence-corrected chi connectivity index (χ0v) is 16.4. The van der Waals surface area contributed by atoms with Gasteiger partial charge in [-0.25, -0.2) is 0 Å². The molecule has 24 heavy (non-hydrogen) atoms. The van der Waals surface area contributed by atoms with Gasteiger partial charge in [0.2, 0.25) is 0 Å². The Hall–Kier alpha value is -0.890. The van der Waals surface area contributed by atoms with Crippen LogP contribution in [-0.4, -0.2) is 61.6 Å². The zero-order valence-electron chi connectivity index (χ0n) is 16.4. The van der Waals surface area contributed by atoms with Crippen LogP contribution in [0.2, 0.25) is 0 Å². The second-order valence-corrected chi connectivity index (χ2v) is 5.50. The molecule has 0 radical (unpaired) electrons. The molecule has 2 N–H and O–H groups in total. The first-order valence-corrected chi connectivity index (χ1v) is 9.00. The zero-order chi connectivity index (χ0) is 18.8. The van der Waals surface area contributed by atoms with Gasteiger partial charge in [-0.3, -0.25) is 9.68 Å². The van der Waals surface area contributed by atoms with E-state index in [1.807, 2.05) is 37.8 Å². The molecule has 0 unspecified atom stereocenters. The van der Waals surface area contributed by atoms with Gasteiger partial charge in [-0.15, -0.1) is 0 Å². The first-order valence-electron chi connectivity index (χ1n) is 9.00. The van der Waals surface area contributed by atoms with E-state index in [4.69, 9.17) is 20.9 Å². The van der Waals surface area contributed by atoms with Crippen molar-refractivity contribution in [2.45, 2.75) is 66.5 Å². The Morgan fingerprint density at radius 3 is 1.67 bits per heavy atom. The topological polar surface area (TPSA) is 99.7 Å². The molecule has 0 aliphatic rings. The summed E-state index contributed by atoms with van der Waals surface area (Å²) >= 11 is 0. The van der Waals surface area contributed by atoms with Crippen LogP contribution in [0.5, 0.6) is 0 Å². The molecule has 0 aromatic carbocycles. The average Bonchev–Trinajstić information content (AvgIpc) is 2.56. The van der Waals surface area contributed by atoms with Crippen LogP contribution in [0.25, 0.3) is 10.4 Å². The van der Waals surface area contributed by atoms with Crippen molar-refractivity contribution in [3.63, 3.8) is 0 Å². The average molecular weight is 347 g/mol. The van der Waals surface area contributed by atoms with Crippen LogP contribution in [0.4, 0.5) is 0 Å². The monoisotopic (exact) mass is 346 g/mol. The van der Waals surface area contributed by atoms with Crippen molar-refractivity contribution >= 4 is 0 Å². The standard InChI is InChI=1S/C8H18N4O.C8H20N2O/c1-4-12(5-2)13-7-6-8(3)10-11-9;1-4-10(5-2)11-7-6-8(3)9/h8H,4-7H2,1-3H3;8H,4-7,9H2,1-3H3/t2*8-/m11/s1. The Morgan fingerprint density at radius 1 is 0.917 bits per heavy atom. The number of azide groups is 1. The van der Waals surface area contributed by atoms with Crippen molar-refractivity contribution in [2.24, 2.45) is 10.8 Å². The minimum atomic E-state index is 0.0144. The first-order chi connectivity index (χ1) is 11.4. The van der Waals surface area contributed by atoms with Gasteiger partial charge in [-0.05, 0) is 25.3 Å². The molecule has 0 aromatic heterocycles. The van der Waals surface area contributed by atoms with E-state index in [9.17, 15) is 0 Å². The normalized spacial score (nSPS) is 13.2. The van der Waals surface area contributed by atoms with Crippen LogP contribution >= 0.6 is 0 Å². The molecule has 0 saturated heterocycles. The lowest BCUT2D eigenvalue weighted by molar-refractivity contribution is -0.154. The molecule has 8 heteroatoms.